The Kier molecular flexibility index (Phi) is 4.54. The van der Waals surface area contributed by atoms with Crippen molar-refractivity contribution in [2.45, 2.75) is 30.2 Å². The number of hydrogen-bond acceptors (Lipinski definition) is 3. The van der Waals surface area contributed by atoms with Gasteiger partial charge in [-0.05, 0) is 49.9 Å². The average Bonchev–Trinajstić information content (AvgIpc) is 3.22. The summed E-state index contributed by atoms with van der Waals surface area (Å²) in [4.78, 5) is 12.9. The minimum absolute atomic E-state index is 0.0798. The lowest BCUT2D eigenvalue weighted by Crippen LogP contribution is -2.47. The molecule has 0 saturated heterocycles. The highest BCUT2D eigenvalue weighted by atomic mass is 79.9. The van der Waals surface area contributed by atoms with Gasteiger partial charge in [-0.1, -0.05) is 15.9 Å². The van der Waals surface area contributed by atoms with E-state index in [9.17, 15) is 10.1 Å². The zero-order valence-corrected chi connectivity index (χ0v) is 13.1. The third-order valence-corrected chi connectivity index (χ3v) is 4.75. The highest BCUT2D eigenvalue weighted by molar-refractivity contribution is 9.10. The normalized spacial score (nSPS) is 17.3. The summed E-state index contributed by atoms with van der Waals surface area (Å²) < 4.78 is 1.02. The zero-order valence-electron chi connectivity index (χ0n) is 10.6. The van der Waals surface area contributed by atoms with Crippen LogP contribution in [0.25, 0.3) is 0 Å². The van der Waals surface area contributed by atoms with Crippen LogP contribution in [0, 0.1) is 17.2 Å². The van der Waals surface area contributed by atoms with Gasteiger partial charge in [0.15, 0.2) is 0 Å². The van der Waals surface area contributed by atoms with Crippen LogP contribution in [-0.2, 0) is 4.79 Å². The van der Waals surface area contributed by atoms with Gasteiger partial charge < -0.3 is 5.32 Å². The van der Waals surface area contributed by atoms with Gasteiger partial charge in [0.1, 0.15) is 5.54 Å². The predicted molar refractivity (Wildman–Crippen MR) is 79.8 cm³/mol. The Morgan fingerprint density at radius 2 is 2.16 bits per heavy atom. The topological polar surface area (TPSA) is 52.9 Å². The maximum absolute atomic E-state index is 11.9. The van der Waals surface area contributed by atoms with Gasteiger partial charge in [0, 0.05) is 9.37 Å². The van der Waals surface area contributed by atoms with Crippen molar-refractivity contribution in [3.05, 3.63) is 28.7 Å². The molecule has 1 aromatic rings. The molecule has 1 N–H and O–H groups in total. The van der Waals surface area contributed by atoms with Crippen LogP contribution in [0.1, 0.15) is 19.8 Å². The van der Waals surface area contributed by atoms with Gasteiger partial charge in [-0.25, -0.2) is 0 Å². The Labute approximate surface area is 125 Å². The van der Waals surface area contributed by atoms with E-state index in [1.54, 1.807) is 0 Å². The van der Waals surface area contributed by atoms with E-state index in [-0.39, 0.29) is 5.91 Å². The van der Waals surface area contributed by atoms with Crippen LogP contribution in [0.2, 0.25) is 0 Å². The lowest BCUT2D eigenvalue weighted by Gasteiger charge is -2.22. The number of halogens is 1. The molecule has 1 aliphatic carbocycles. The van der Waals surface area contributed by atoms with E-state index in [1.807, 2.05) is 31.2 Å². The van der Waals surface area contributed by atoms with E-state index >= 15 is 0 Å². The first kappa shape index (κ1) is 14.4. The average molecular weight is 339 g/mol. The van der Waals surface area contributed by atoms with Crippen molar-refractivity contribution in [1.82, 2.24) is 5.32 Å². The van der Waals surface area contributed by atoms with E-state index in [1.165, 1.54) is 11.8 Å². The van der Waals surface area contributed by atoms with Gasteiger partial charge >= 0.3 is 0 Å². The predicted octanol–water partition coefficient (Wildman–Crippen LogP) is 3.35. The molecule has 100 valence electrons. The van der Waals surface area contributed by atoms with Gasteiger partial charge in [-0.15, -0.1) is 11.8 Å². The standard InChI is InChI=1S/C14H15BrN2OS/c1-14(9-16,10-2-3-10)17-13(18)8-19-12-6-4-11(15)5-7-12/h4-7,10H,2-3,8H2,1H3,(H,17,18). The summed E-state index contributed by atoms with van der Waals surface area (Å²) in [5.74, 6) is 0.578. The largest absolute Gasteiger partial charge is 0.337 e. The Balaban J connectivity index is 1.84. The molecule has 1 fully saturated rings. The van der Waals surface area contributed by atoms with Crippen LogP contribution in [0.15, 0.2) is 33.6 Å². The molecule has 1 aliphatic rings. The minimum atomic E-state index is -0.697. The number of carbonyl (C=O) groups is 1. The lowest BCUT2D eigenvalue weighted by atomic mass is 9.98. The summed E-state index contributed by atoms with van der Waals surface area (Å²) in [6.07, 6.45) is 2.06. The van der Waals surface area contributed by atoms with E-state index in [2.05, 4.69) is 27.3 Å². The van der Waals surface area contributed by atoms with Crippen LogP contribution in [0.3, 0.4) is 0 Å². The van der Waals surface area contributed by atoms with Gasteiger partial charge in [0.2, 0.25) is 5.91 Å². The second kappa shape index (κ2) is 5.98. The number of rotatable bonds is 5. The van der Waals surface area contributed by atoms with Gasteiger partial charge in [-0.2, -0.15) is 5.26 Å². The van der Waals surface area contributed by atoms with Crippen molar-refractivity contribution < 1.29 is 4.79 Å². The summed E-state index contributed by atoms with van der Waals surface area (Å²) >= 11 is 4.85. The van der Waals surface area contributed by atoms with Crippen LogP contribution >= 0.6 is 27.7 Å². The summed E-state index contributed by atoms with van der Waals surface area (Å²) in [5, 5.41) is 12.0. The monoisotopic (exact) mass is 338 g/mol. The van der Waals surface area contributed by atoms with Gasteiger partial charge in [-0.3, -0.25) is 4.79 Å². The molecule has 1 atom stereocenters. The van der Waals surface area contributed by atoms with Crippen molar-refractivity contribution in [3.63, 3.8) is 0 Å². The van der Waals surface area contributed by atoms with Crippen LogP contribution in [-0.4, -0.2) is 17.2 Å². The van der Waals surface area contributed by atoms with E-state index < -0.39 is 5.54 Å². The SMILES string of the molecule is CC(C#N)(NC(=O)CSc1ccc(Br)cc1)C1CC1. The molecule has 0 aromatic heterocycles. The molecule has 0 aliphatic heterocycles. The fourth-order valence-electron chi connectivity index (χ4n) is 1.89. The van der Waals surface area contributed by atoms with Crippen molar-refractivity contribution in [2.24, 2.45) is 5.92 Å². The van der Waals surface area contributed by atoms with Crippen molar-refractivity contribution in [3.8, 4) is 6.07 Å². The van der Waals surface area contributed by atoms with E-state index in [0.29, 0.717) is 11.7 Å². The molecule has 1 aromatic carbocycles. The first-order chi connectivity index (χ1) is 9.03. The third kappa shape index (κ3) is 3.99. The minimum Gasteiger partial charge on any atom is -0.337 e. The van der Waals surface area contributed by atoms with Crippen LogP contribution in [0.4, 0.5) is 0 Å². The molecule has 0 heterocycles. The van der Waals surface area contributed by atoms with Crippen LogP contribution < -0.4 is 5.32 Å². The molecule has 2 rings (SSSR count). The number of hydrogen-bond donors (Lipinski definition) is 1. The molecule has 1 saturated carbocycles. The number of carbonyl (C=O) groups excluding carboxylic acids is 1. The fourth-order valence-corrected chi connectivity index (χ4v) is 2.85. The van der Waals surface area contributed by atoms with Crippen molar-refractivity contribution >= 4 is 33.6 Å². The van der Waals surface area contributed by atoms with E-state index in [0.717, 1.165) is 22.2 Å². The number of benzene rings is 1. The summed E-state index contributed by atoms with van der Waals surface area (Å²) in [5.41, 5.74) is -0.697. The smallest absolute Gasteiger partial charge is 0.231 e. The quantitative estimate of drug-likeness (QED) is 0.837. The Hall–Kier alpha value is -0.990. The second-order valence-electron chi connectivity index (χ2n) is 4.88. The third-order valence-electron chi connectivity index (χ3n) is 3.21. The van der Waals surface area contributed by atoms with Crippen molar-refractivity contribution in [1.29, 1.82) is 5.26 Å². The molecule has 3 nitrogen and oxygen atoms in total. The Morgan fingerprint density at radius 1 is 1.53 bits per heavy atom. The molecular formula is C14H15BrN2OS. The molecule has 1 unspecified atom stereocenters. The molecular weight excluding hydrogens is 324 g/mol. The molecule has 5 heteroatoms. The number of amides is 1. The Bertz CT molecular complexity index is 507. The molecule has 1 amide bonds. The number of nitrogens with one attached hydrogen (secondary N) is 1. The second-order valence-corrected chi connectivity index (χ2v) is 6.84. The number of nitrogens with zero attached hydrogens (tertiary/aromatic N) is 1. The maximum Gasteiger partial charge on any atom is 0.231 e. The zero-order chi connectivity index (χ0) is 13.9. The summed E-state index contributed by atoms with van der Waals surface area (Å²) in [6, 6.07) is 10.1. The van der Waals surface area contributed by atoms with Crippen molar-refractivity contribution in [2.75, 3.05) is 5.75 Å². The molecule has 0 radical (unpaired) electrons. The maximum atomic E-state index is 11.9. The highest BCUT2D eigenvalue weighted by Crippen LogP contribution is 2.39. The lowest BCUT2D eigenvalue weighted by molar-refractivity contribution is -0.119. The van der Waals surface area contributed by atoms with E-state index in [4.69, 9.17) is 0 Å². The summed E-state index contributed by atoms with van der Waals surface area (Å²) in [6.45, 7) is 1.81. The number of thioether (sulfide) groups is 1. The highest BCUT2D eigenvalue weighted by Gasteiger charge is 2.42. The van der Waals surface area contributed by atoms with Gasteiger partial charge in [0.05, 0.1) is 11.8 Å². The first-order valence-electron chi connectivity index (χ1n) is 6.14. The van der Waals surface area contributed by atoms with Crippen LogP contribution in [0.5, 0.6) is 0 Å². The fraction of sp³-hybridized carbons (Fsp3) is 0.429. The van der Waals surface area contributed by atoms with Gasteiger partial charge in [0.25, 0.3) is 0 Å². The molecule has 0 bridgehead atoms. The first-order valence-corrected chi connectivity index (χ1v) is 7.92. The molecule has 0 spiro atoms. The number of nitriles is 1. The molecule has 19 heavy (non-hydrogen) atoms. The Morgan fingerprint density at radius 3 is 2.68 bits per heavy atom. The summed E-state index contributed by atoms with van der Waals surface area (Å²) in [7, 11) is 0.